The Morgan fingerprint density at radius 1 is 1.35 bits per heavy atom. The van der Waals surface area contributed by atoms with E-state index in [1.54, 1.807) is 11.8 Å². The van der Waals surface area contributed by atoms with Crippen molar-refractivity contribution in [1.82, 2.24) is 15.5 Å². The second kappa shape index (κ2) is 6.92. The van der Waals surface area contributed by atoms with Crippen LogP contribution in [0.25, 0.3) is 11.3 Å². The maximum atomic E-state index is 10.1. The second-order valence-electron chi connectivity index (χ2n) is 5.17. The zero-order valence-corrected chi connectivity index (χ0v) is 12.7. The van der Waals surface area contributed by atoms with Gasteiger partial charge >= 0.3 is 0 Å². The highest BCUT2D eigenvalue weighted by Crippen LogP contribution is 2.20. The van der Waals surface area contributed by atoms with Gasteiger partial charge in [-0.15, -0.1) is 0 Å². The maximum Gasteiger partial charge on any atom is 0.0833 e. The van der Waals surface area contributed by atoms with Crippen LogP contribution in [0.1, 0.15) is 12.5 Å². The average molecular weight is 291 g/mol. The minimum atomic E-state index is -0.684. The fourth-order valence-electron chi connectivity index (χ4n) is 2.13. The summed E-state index contributed by atoms with van der Waals surface area (Å²) in [4.78, 5) is 0. The second-order valence-corrected chi connectivity index (χ2v) is 6.04. The van der Waals surface area contributed by atoms with Gasteiger partial charge in [-0.05, 0) is 18.7 Å². The SMILES string of the molecule is CSCC(C)(O)CNCc1cn[nH]c1-c1ccccc1. The molecule has 1 atom stereocenters. The normalized spacial score (nSPS) is 14.2. The molecule has 0 spiro atoms. The molecule has 0 amide bonds. The summed E-state index contributed by atoms with van der Waals surface area (Å²) >= 11 is 1.65. The predicted molar refractivity (Wildman–Crippen MR) is 84.7 cm³/mol. The molecule has 2 rings (SSSR count). The number of nitrogens with zero attached hydrogens (tertiary/aromatic N) is 1. The summed E-state index contributed by atoms with van der Waals surface area (Å²) in [6, 6.07) is 10.1. The Morgan fingerprint density at radius 3 is 2.80 bits per heavy atom. The van der Waals surface area contributed by atoms with Crippen molar-refractivity contribution in [1.29, 1.82) is 0 Å². The molecule has 4 nitrogen and oxygen atoms in total. The Morgan fingerprint density at radius 2 is 2.10 bits per heavy atom. The summed E-state index contributed by atoms with van der Waals surface area (Å²) in [5.74, 6) is 0.719. The van der Waals surface area contributed by atoms with Gasteiger partial charge in [-0.3, -0.25) is 5.10 Å². The third-order valence-corrected chi connectivity index (χ3v) is 3.97. The Bertz CT molecular complexity index is 525. The van der Waals surface area contributed by atoms with Crippen LogP contribution in [0.3, 0.4) is 0 Å². The van der Waals surface area contributed by atoms with Gasteiger partial charge in [0.1, 0.15) is 0 Å². The van der Waals surface area contributed by atoms with Gasteiger partial charge in [-0.2, -0.15) is 16.9 Å². The summed E-state index contributed by atoms with van der Waals surface area (Å²) in [5.41, 5.74) is 2.58. The highest BCUT2D eigenvalue weighted by atomic mass is 32.2. The number of hydrogen-bond acceptors (Lipinski definition) is 4. The van der Waals surface area contributed by atoms with Crippen LogP contribution in [0.15, 0.2) is 36.5 Å². The van der Waals surface area contributed by atoms with Gasteiger partial charge in [-0.1, -0.05) is 30.3 Å². The first-order chi connectivity index (χ1) is 9.62. The lowest BCUT2D eigenvalue weighted by atomic mass is 10.1. The van der Waals surface area contributed by atoms with Crippen molar-refractivity contribution in [3.05, 3.63) is 42.1 Å². The number of hydrogen-bond donors (Lipinski definition) is 3. The molecule has 0 radical (unpaired) electrons. The lowest BCUT2D eigenvalue weighted by Gasteiger charge is -2.22. The average Bonchev–Trinajstić information content (AvgIpc) is 2.88. The first kappa shape index (κ1) is 15.1. The van der Waals surface area contributed by atoms with Gasteiger partial charge in [-0.25, -0.2) is 0 Å². The lowest BCUT2D eigenvalue weighted by Crippen LogP contribution is -2.39. The van der Waals surface area contributed by atoms with Crippen LogP contribution in [0.5, 0.6) is 0 Å². The van der Waals surface area contributed by atoms with Crippen LogP contribution in [0, 0.1) is 0 Å². The molecule has 0 bridgehead atoms. The summed E-state index contributed by atoms with van der Waals surface area (Å²) in [5, 5.41) is 20.6. The van der Waals surface area contributed by atoms with E-state index < -0.39 is 5.60 Å². The fourth-order valence-corrected chi connectivity index (χ4v) is 2.85. The number of aromatic amines is 1. The molecule has 108 valence electrons. The van der Waals surface area contributed by atoms with Gasteiger partial charge in [0, 0.05) is 24.4 Å². The molecule has 1 unspecified atom stereocenters. The Labute approximate surface area is 124 Å². The molecule has 0 aliphatic carbocycles. The number of rotatable bonds is 7. The number of H-pyrrole nitrogens is 1. The van der Waals surface area contributed by atoms with Crippen molar-refractivity contribution in [2.75, 3.05) is 18.6 Å². The van der Waals surface area contributed by atoms with E-state index in [9.17, 15) is 5.11 Å². The molecule has 1 heterocycles. The molecule has 0 saturated carbocycles. The molecule has 1 aromatic carbocycles. The first-order valence-corrected chi connectivity index (χ1v) is 8.01. The van der Waals surface area contributed by atoms with E-state index in [0.29, 0.717) is 13.1 Å². The van der Waals surface area contributed by atoms with E-state index in [1.165, 1.54) is 0 Å². The minimum absolute atomic E-state index is 0.563. The minimum Gasteiger partial charge on any atom is -0.388 e. The molecular formula is C15H21N3OS. The fraction of sp³-hybridized carbons (Fsp3) is 0.400. The standard InChI is InChI=1S/C15H21N3OS/c1-15(19,11-20-2)10-16-8-13-9-17-18-14(13)12-6-4-3-5-7-12/h3-7,9,16,19H,8,10-11H2,1-2H3,(H,17,18). The van der Waals surface area contributed by atoms with E-state index in [1.807, 2.05) is 37.6 Å². The van der Waals surface area contributed by atoms with Crippen molar-refractivity contribution in [3.63, 3.8) is 0 Å². The summed E-state index contributed by atoms with van der Waals surface area (Å²) in [6.07, 6.45) is 3.83. The van der Waals surface area contributed by atoms with E-state index in [2.05, 4.69) is 27.6 Å². The van der Waals surface area contributed by atoms with Crippen LogP contribution in [-0.2, 0) is 6.54 Å². The third-order valence-electron chi connectivity index (χ3n) is 3.06. The largest absolute Gasteiger partial charge is 0.388 e. The van der Waals surface area contributed by atoms with Gasteiger partial charge < -0.3 is 10.4 Å². The Balaban J connectivity index is 1.97. The van der Waals surface area contributed by atoms with Crippen molar-refractivity contribution < 1.29 is 5.11 Å². The molecule has 1 aromatic heterocycles. The van der Waals surface area contributed by atoms with Crippen LogP contribution in [-0.4, -0.2) is 39.5 Å². The number of benzene rings is 1. The number of aromatic nitrogens is 2. The number of aliphatic hydroxyl groups is 1. The van der Waals surface area contributed by atoms with E-state index in [-0.39, 0.29) is 0 Å². The molecule has 20 heavy (non-hydrogen) atoms. The van der Waals surface area contributed by atoms with E-state index in [4.69, 9.17) is 0 Å². The molecule has 0 fully saturated rings. The molecule has 0 aliphatic heterocycles. The Kier molecular flexibility index (Phi) is 5.23. The third kappa shape index (κ3) is 4.10. The molecule has 0 saturated heterocycles. The van der Waals surface area contributed by atoms with E-state index >= 15 is 0 Å². The van der Waals surface area contributed by atoms with Crippen LogP contribution in [0.4, 0.5) is 0 Å². The number of thioether (sulfide) groups is 1. The molecule has 2 aromatic rings. The zero-order valence-electron chi connectivity index (χ0n) is 11.9. The topological polar surface area (TPSA) is 60.9 Å². The maximum absolute atomic E-state index is 10.1. The lowest BCUT2D eigenvalue weighted by molar-refractivity contribution is 0.0846. The van der Waals surface area contributed by atoms with Crippen LogP contribution < -0.4 is 5.32 Å². The number of nitrogens with one attached hydrogen (secondary N) is 2. The van der Waals surface area contributed by atoms with Gasteiger partial charge in [0.2, 0.25) is 0 Å². The van der Waals surface area contributed by atoms with Crippen molar-refractivity contribution in [3.8, 4) is 11.3 Å². The molecule has 0 aliphatic rings. The Hall–Kier alpha value is -1.30. The quantitative estimate of drug-likeness (QED) is 0.732. The van der Waals surface area contributed by atoms with Crippen molar-refractivity contribution in [2.24, 2.45) is 0 Å². The van der Waals surface area contributed by atoms with Gasteiger partial charge in [0.25, 0.3) is 0 Å². The summed E-state index contributed by atoms with van der Waals surface area (Å²) in [7, 11) is 0. The highest BCUT2D eigenvalue weighted by Gasteiger charge is 2.19. The van der Waals surface area contributed by atoms with E-state index in [0.717, 1.165) is 22.6 Å². The summed E-state index contributed by atoms with van der Waals surface area (Å²) in [6.45, 7) is 3.10. The van der Waals surface area contributed by atoms with Crippen molar-refractivity contribution >= 4 is 11.8 Å². The molecule has 5 heteroatoms. The summed E-state index contributed by atoms with van der Waals surface area (Å²) < 4.78 is 0. The van der Waals surface area contributed by atoms with Crippen molar-refractivity contribution in [2.45, 2.75) is 19.1 Å². The van der Waals surface area contributed by atoms with Gasteiger partial charge in [0.05, 0.1) is 17.5 Å². The predicted octanol–water partition coefficient (Wildman–Crippen LogP) is 2.28. The van der Waals surface area contributed by atoms with Crippen LogP contribution in [0.2, 0.25) is 0 Å². The monoisotopic (exact) mass is 291 g/mol. The molecular weight excluding hydrogens is 270 g/mol. The van der Waals surface area contributed by atoms with Crippen LogP contribution >= 0.6 is 11.8 Å². The highest BCUT2D eigenvalue weighted by molar-refractivity contribution is 7.98. The first-order valence-electron chi connectivity index (χ1n) is 6.62. The van der Waals surface area contributed by atoms with Gasteiger partial charge in [0.15, 0.2) is 0 Å². The zero-order chi connectivity index (χ0) is 14.4. The smallest absolute Gasteiger partial charge is 0.0833 e. The molecule has 3 N–H and O–H groups in total.